The van der Waals surface area contributed by atoms with Crippen molar-refractivity contribution in [2.75, 3.05) is 6.54 Å². The van der Waals surface area contributed by atoms with E-state index in [2.05, 4.69) is 52.2 Å². The van der Waals surface area contributed by atoms with Gasteiger partial charge in [-0.2, -0.15) is 0 Å². The van der Waals surface area contributed by atoms with Crippen molar-refractivity contribution in [1.29, 1.82) is 0 Å². The van der Waals surface area contributed by atoms with E-state index >= 15 is 0 Å². The van der Waals surface area contributed by atoms with Crippen LogP contribution in [0.1, 0.15) is 41.5 Å². The summed E-state index contributed by atoms with van der Waals surface area (Å²) in [5.74, 6) is 0. The minimum Gasteiger partial charge on any atom is -0.302 e. The van der Waals surface area contributed by atoms with Crippen molar-refractivity contribution in [2.45, 2.75) is 53.8 Å². The van der Waals surface area contributed by atoms with Gasteiger partial charge in [0.05, 0.1) is 6.17 Å². The van der Waals surface area contributed by atoms with Gasteiger partial charge in [-0.3, -0.25) is 5.32 Å². The molecule has 1 atom stereocenters. The van der Waals surface area contributed by atoms with Gasteiger partial charge in [0.2, 0.25) is 0 Å². The van der Waals surface area contributed by atoms with Crippen LogP contribution in [-0.4, -0.2) is 18.8 Å². The summed E-state index contributed by atoms with van der Waals surface area (Å²) in [5.41, 5.74) is 0.278. The first-order valence-corrected chi connectivity index (χ1v) is 4.87. The zero-order chi connectivity index (χ0) is 9.78. The van der Waals surface area contributed by atoms with E-state index in [1.165, 1.54) is 0 Å². The molecule has 0 aromatic rings. The van der Waals surface area contributed by atoms with E-state index in [0.717, 1.165) is 6.54 Å². The molecule has 2 heteroatoms. The van der Waals surface area contributed by atoms with Gasteiger partial charge < -0.3 is 5.32 Å². The van der Waals surface area contributed by atoms with Gasteiger partial charge in [0, 0.05) is 6.04 Å². The smallest absolute Gasteiger partial charge is 0.0623 e. The Labute approximate surface area is 77.1 Å². The Balaban J connectivity index is 4.04. The molecule has 0 heterocycles. The highest BCUT2D eigenvalue weighted by Crippen LogP contribution is 2.17. The lowest BCUT2D eigenvalue weighted by Gasteiger charge is -2.33. The Bertz CT molecular complexity index is 113. The molecule has 0 aromatic carbocycles. The maximum absolute atomic E-state index is 3.51. The second kappa shape index (κ2) is 4.83. The number of hydrogen-bond donors (Lipinski definition) is 2. The number of hydrogen-bond acceptors (Lipinski definition) is 2. The van der Waals surface area contributed by atoms with Gasteiger partial charge in [0.15, 0.2) is 0 Å². The molecule has 0 spiro atoms. The first-order valence-electron chi connectivity index (χ1n) is 4.87. The predicted molar refractivity (Wildman–Crippen MR) is 55.2 cm³/mol. The molecule has 0 saturated carbocycles. The lowest BCUT2D eigenvalue weighted by Crippen LogP contribution is -2.53. The molecule has 0 fully saturated rings. The van der Waals surface area contributed by atoms with Crippen LogP contribution < -0.4 is 10.6 Å². The van der Waals surface area contributed by atoms with Gasteiger partial charge in [0.25, 0.3) is 0 Å². The molecule has 0 bridgehead atoms. The van der Waals surface area contributed by atoms with E-state index in [1.807, 2.05) is 0 Å². The maximum Gasteiger partial charge on any atom is 0.0623 e. The summed E-state index contributed by atoms with van der Waals surface area (Å²) in [6, 6.07) is 0.535. The van der Waals surface area contributed by atoms with Gasteiger partial charge in [-0.15, -0.1) is 0 Å². The van der Waals surface area contributed by atoms with Crippen molar-refractivity contribution in [3.63, 3.8) is 0 Å². The third kappa shape index (κ3) is 4.73. The molecule has 0 aromatic heterocycles. The SMILES string of the molecule is CCNC(NC(C)C)C(C)(C)C. The van der Waals surface area contributed by atoms with Crippen LogP contribution in [0.25, 0.3) is 0 Å². The van der Waals surface area contributed by atoms with E-state index in [1.54, 1.807) is 0 Å². The first-order chi connectivity index (χ1) is 5.38. The molecule has 2 N–H and O–H groups in total. The van der Waals surface area contributed by atoms with Crippen LogP contribution in [0.2, 0.25) is 0 Å². The average Bonchev–Trinajstić information content (AvgIpc) is 1.83. The highest BCUT2D eigenvalue weighted by atomic mass is 15.1. The van der Waals surface area contributed by atoms with Crippen molar-refractivity contribution in [2.24, 2.45) is 5.41 Å². The highest BCUT2D eigenvalue weighted by molar-refractivity contribution is 4.79. The summed E-state index contributed by atoms with van der Waals surface area (Å²) >= 11 is 0. The maximum atomic E-state index is 3.51. The Hall–Kier alpha value is -0.0800. The van der Waals surface area contributed by atoms with E-state index in [4.69, 9.17) is 0 Å². The van der Waals surface area contributed by atoms with Gasteiger partial charge in [-0.05, 0) is 25.8 Å². The quantitative estimate of drug-likeness (QED) is 0.634. The number of rotatable bonds is 4. The summed E-state index contributed by atoms with van der Waals surface area (Å²) < 4.78 is 0. The largest absolute Gasteiger partial charge is 0.302 e. The number of nitrogens with one attached hydrogen (secondary N) is 2. The molecule has 0 amide bonds. The highest BCUT2D eigenvalue weighted by Gasteiger charge is 2.23. The Morgan fingerprint density at radius 1 is 1.17 bits per heavy atom. The second-order valence-electron chi connectivity index (χ2n) is 4.68. The lowest BCUT2D eigenvalue weighted by molar-refractivity contribution is 0.216. The van der Waals surface area contributed by atoms with Crippen molar-refractivity contribution < 1.29 is 0 Å². The van der Waals surface area contributed by atoms with E-state index in [-0.39, 0.29) is 5.41 Å². The fraction of sp³-hybridized carbons (Fsp3) is 1.00. The average molecular weight is 172 g/mol. The summed E-state index contributed by atoms with van der Waals surface area (Å²) in [6.45, 7) is 14.2. The van der Waals surface area contributed by atoms with E-state index < -0.39 is 0 Å². The molecular formula is C10H24N2. The summed E-state index contributed by atoms with van der Waals surface area (Å²) in [4.78, 5) is 0. The molecule has 0 aliphatic heterocycles. The van der Waals surface area contributed by atoms with Crippen LogP contribution in [0.15, 0.2) is 0 Å². The van der Waals surface area contributed by atoms with Gasteiger partial charge in [-0.25, -0.2) is 0 Å². The second-order valence-corrected chi connectivity index (χ2v) is 4.68. The fourth-order valence-corrected chi connectivity index (χ4v) is 1.15. The summed E-state index contributed by atoms with van der Waals surface area (Å²) in [5, 5.41) is 6.95. The van der Waals surface area contributed by atoms with Crippen LogP contribution in [0.4, 0.5) is 0 Å². The molecule has 2 nitrogen and oxygen atoms in total. The summed E-state index contributed by atoms with van der Waals surface area (Å²) in [7, 11) is 0. The topological polar surface area (TPSA) is 24.1 Å². The molecular weight excluding hydrogens is 148 g/mol. The molecule has 74 valence electrons. The molecule has 0 aliphatic carbocycles. The Morgan fingerprint density at radius 2 is 1.67 bits per heavy atom. The van der Waals surface area contributed by atoms with Gasteiger partial charge in [0.1, 0.15) is 0 Å². The molecule has 0 saturated heterocycles. The van der Waals surface area contributed by atoms with Crippen molar-refractivity contribution >= 4 is 0 Å². The summed E-state index contributed by atoms with van der Waals surface area (Å²) in [6.07, 6.45) is 0.405. The van der Waals surface area contributed by atoms with Crippen LogP contribution in [0.3, 0.4) is 0 Å². The van der Waals surface area contributed by atoms with Crippen molar-refractivity contribution in [1.82, 2.24) is 10.6 Å². The molecule has 0 aliphatic rings. The first kappa shape index (κ1) is 11.9. The predicted octanol–water partition coefficient (Wildman–Crippen LogP) is 1.97. The van der Waals surface area contributed by atoms with Crippen molar-refractivity contribution in [3.05, 3.63) is 0 Å². The third-order valence-electron chi connectivity index (χ3n) is 1.77. The zero-order valence-corrected chi connectivity index (χ0v) is 9.36. The molecule has 1 unspecified atom stereocenters. The minimum atomic E-state index is 0.278. The van der Waals surface area contributed by atoms with E-state index in [9.17, 15) is 0 Å². The molecule has 0 radical (unpaired) electrons. The zero-order valence-electron chi connectivity index (χ0n) is 9.36. The normalized spacial score (nSPS) is 15.2. The standard InChI is InChI=1S/C10H24N2/c1-7-11-9(10(4,5)6)12-8(2)3/h8-9,11-12H,7H2,1-6H3. The monoisotopic (exact) mass is 172 g/mol. The van der Waals surface area contributed by atoms with E-state index in [0.29, 0.717) is 12.2 Å². The molecule has 0 rings (SSSR count). The van der Waals surface area contributed by atoms with Gasteiger partial charge >= 0.3 is 0 Å². The van der Waals surface area contributed by atoms with Crippen LogP contribution in [0.5, 0.6) is 0 Å². The third-order valence-corrected chi connectivity index (χ3v) is 1.77. The van der Waals surface area contributed by atoms with Gasteiger partial charge in [-0.1, -0.05) is 27.7 Å². The Kier molecular flexibility index (Phi) is 4.80. The minimum absolute atomic E-state index is 0.278. The molecule has 12 heavy (non-hydrogen) atoms. The van der Waals surface area contributed by atoms with Crippen LogP contribution in [-0.2, 0) is 0 Å². The van der Waals surface area contributed by atoms with Crippen LogP contribution >= 0.6 is 0 Å². The Morgan fingerprint density at radius 3 is 1.92 bits per heavy atom. The van der Waals surface area contributed by atoms with Crippen molar-refractivity contribution in [3.8, 4) is 0 Å². The lowest BCUT2D eigenvalue weighted by atomic mass is 9.92. The van der Waals surface area contributed by atoms with Crippen LogP contribution in [0, 0.1) is 5.41 Å². The fourth-order valence-electron chi connectivity index (χ4n) is 1.15.